The van der Waals surface area contributed by atoms with E-state index in [1.54, 1.807) is 26.1 Å². The van der Waals surface area contributed by atoms with Crippen LogP contribution in [0.3, 0.4) is 0 Å². The van der Waals surface area contributed by atoms with Gasteiger partial charge in [0, 0.05) is 17.5 Å². The van der Waals surface area contributed by atoms with Gasteiger partial charge in [-0.25, -0.2) is 5.84 Å². The van der Waals surface area contributed by atoms with E-state index in [0.29, 0.717) is 23.0 Å². The van der Waals surface area contributed by atoms with Crippen LogP contribution in [0.25, 0.3) is 10.8 Å². The minimum Gasteiger partial charge on any atom is -0.381 e. The van der Waals surface area contributed by atoms with Gasteiger partial charge in [0.05, 0.1) is 6.54 Å². The van der Waals surface area contributed by atoms with Crippen LogP contribution >= 0.6 is 11.8 Å². The van der Waals surface area contributed by atoms with E-state index in [1.165, 1.54) is 29.2 Å². The Kier molecular flexibility index (Phi) is 13.2. The quantitative estimate of drug-likeness (QED) is 0.0594. The van der Waals surface area contributed by atoms with Crippen molar-refractivity contribution >= 4 is 47.3 Å². The van der Waals surface area contributed by atoms with Crippen molar-refractivity contribution in [3.63, 3.8) is 0 Å². The predicted molar refractivity (Wildman–Crippen MR) is 150 cm³/mol. The van der Waals surface area contributed by atoms with Crippen LogP contribution in [-0.4, -0.2) is 43.9 Å². The first-order chi connectivity index (χ1) is 17.3. The van der Waals surface area contributed by atoms with Gasteiger partial charge in [0.1, 0.15) is 17.2 Å². The summed E-state index contributed by atoms with van der Waals surface area (Å²) in [4.78, 5) is 26.4. The molecule has 8 N–H and O–H groups in total. The minimum absolute atomic E-state index is 0.144. The molecular formula is C26H33N7O2S. The number of thioether (sulfide) groups is 1. The molecular weight excluding hydrogens is 474 g/mol. The van der Waals surface area contributed by atoms with Crippen molar-refractivity contribution in [2.45, 2.75) is 18.4 Å². The molecule has 0 saturated heterocycles. The van der Waals surface area contributed by atoms with Crippen molar-refractivity contribution in [3.05, 3.63) is 88.6 Å². The number of carbonyl (C=O) groups excluding carboxylic acids is 2. The number of amidine groups is 1. The molecule has 10 heteroatoms. The zero-order valence-electron chi connectivity index (χ0n) is 20.7. The Hall–Kier alpha value is -3.99. The lowest BCUT2D eigenvalue weighted by Gasteiger charge is -2.16. The van der Waals surface area contributed by atoms with Crippen molar-refractivity contribution in [2.24, 2.45) is 22.3 Å². The topological polar surface area (TPSA) is 164 Å². The molecule has 1 amide bonds. The number of amides is 1. The van der Waals surface area contributed by atoms with Gasteiger partial charge in [-0.1, -0.05) is 66.4 Å². The normalized spacial score (nSPS) is 10.5. The van der Waals surface area contributed by atoms with Gasteiger partial charge < -0.3 is 16.8 Å². The van der Waals surface area contributed by atoms with E-state index >= 15 is 0 Å². The number of aliphatic imine (C=N–C) groups is 1. The summed E-state index contributed by atoms with van der Waals surface area (Å²) in [5.74, 6) is 5.27. The maximum Gasteiger partial charge on any atom is 0.270 e. The minimum atomic E-state index is -0.599. The van der Waals surface area contributed by atoms with Gasteiger partial charge in [0.15, 0.2) is 5.70 Å². The third-order valence-corrected chi connectivity index (χ3v) is 5.77. The van der Waals surface area contributed by atoms with Gasteiger partial charge in [0.2, 0.25) is 0 Å². The summed E-state index contributed by atoms with van der Waals surface area (Å²) in [7, 11) is 3.22. The van der Waals surface area contributed by atoms with E-state index in [-0.39, 0.29) is 5.70 Å². The molecule has 0 atom stereocenters. The molecule has 3 rings (SSSR count). The average molecular weight is 508 g/mol. The number of nitrogens with two attached hydrogens (primary N) is 3. The van der Waals surface area contributed by atoms with Crippen LogP contribution < -0.4 is 22.6 Å². The Balaban J connectivity index is 0.000000356. The Morgan fingerprint density at radius 1 is 1.11 bits per heavy atom. The molecule has 0 spiro atoms. The van der Waals surface area contributed by atoms with Crippen LogP contribution in [0, 0.1) is 5.41 Å². The third kappa shape index (κ3) is 9.34. The molecule has 9 nitrogen and oxygen atoms in total. The highest BCUT2D eigenvalue weighted by molar-refractivity contribution is 8.03. The predicted octanol–water partition coefficient (Wildman–Crippen LogP) is 3.25. The number of hydrazine groups is 1. The Morgan fingerprint density at radius 3 is 2.22 bits per heavy atom. The van der Waals surface area contributed by atoms with E-state index in [0.717, 1.165) is 22.1 Å². The Morgan fingerprint density at radius 2 is 1.72 bits per heavy atom. The number of nitrogens with one attached hydrogen (secondary N) is 2. The smallest absolute Gasteiger partial charge is 0.270 e. The summed E-state index contributed by atoms with van der Waals surface area (Å²) < 4.78 is 0. The first-order valence-electron chi connectivity index (χ1n) is 10.8. The highest BCUT2D eigenvalue weighted by Gasteiger charge is 2.11. The van der Waals surface area contributed by atoms with Gasteiger partial charge in [-0.15, -0.1) is 0 Å². The lowest BCUT2D eigenvalue weighted by atomic mass is 10.1. The number of nitrogens with zero attached hydrogens (tertiary/aromatic N) is 2. The van der Waals surface area contributed by atoms with Crippen molar-refractivity contribution in [3.8, 4) is 0 Å². The number of carbonyl (C=O) groups is 2. The SMILES string of the molecule is C=N/C(C(N)=O)=C(/NC)Sc1ccc2ccccc2c1.CC(=N)N(N)Cc1ccc(C=O)cc1.CN. The van der Waals surface area contributed by atoms with Gasteiger partial charge in [0.25, 0.3) is 5.91 Å². The van der Waals surface area contributed by atoms with Gasteiger partial charge >= 0.3 is 0 Å². The molecule has 0 bridgehead atoms. The number of hydrogen-bond donors (Lipinski definition) is 5. The molecule has 0 unspecified atom stereocenters. The number of fused-ring (bicyclic) bond motifs is 1. The van der Waals surface area contributed by atoms with E-state index in [4.69, 9.17) is 17.0 Å². The van der Waals surface area contributed by atoms with E-state index in [1.807, 2.05) is 42.5 Å². The van der Waals surface area contributed by atoms with Crippen molar-refractivity contribution in [1.82, 2.24) is 10.3 Å². The van der Waals surface area contributed by atoms with Gasteiger partial charge in [-0.05, 0) is 49.2 Å². The molecule has 0 fully saturated rings. The third-order valence-electron chi connectivity index (χ3n) is 4.67. The first kappa shape index (κ1) is 30.0. The summed E-state index contributed by atoms with van der Waals surface area (Å²) in [6.07, 6.45) is 0.797. The molecule has 0 aliphatic heterocycles. The highest BCUT2D eigenvalue weighted by atomic mass is 32.2. The number of benzene rings is 3. The molecule has 0 aliphatic rings. The largest absolute Gasteiger partial charge is 0.381 e. The molecule has 36 heavy (non-hydrogen) atoms. The summed E-state index contributed by atoms with van der Waals surface area (Å²) >= 11 is 1.40. The Bertz CT molecular complexity index is 1210. The molecule has 190 valence electrons. The standard InChI is InChI=1S/C15H15N3OS.C10H13N3O.CH5N/c1-17-13(14(16)19)15(18-2)20-12-8-7-10-5-3-4-6-11(10)9-12;1-8(11)13(12)6-9-2-4-10(7-14)5-3-9;1-2/h3-9,18H,1H2,2H3,(H2,16,19);2-5,7,11H,6,12H2,1H3;2H2,1H3/b15-13-;;. The number of primary amides is 1. The summed E-state index contributed by atoms with van der Waals surface area (Å²) in [5, 5.41) is 14.5. The summed E-state index contributed by atoms with van der Waals surface area (Å²) in [6.45, 7) is 5.49. The van der Waals surface area contributed by atoms with Gasteiger partial charge in [-0.3, -0.25) is 25.0 Å². The fraction of sp³-hybridized carbons (Fsp3) is 0.154. The molecule has 0 aromatic heterocycles. The molecule has 3 aromatic carbocycles. The monoisotopic (exact) mass is 507 g/mol. The number of rotatable bonds is 8. The van der Waals surface area contributed by atoms with Crippen LogP contribution in [0.2, 0.25) is 0 Å². The van der Waals surface area contributed by atoms with E-state index in [2.05, 4.69) is 34.9 Å². The average Bonchev–Trinajstić information content (AvgIpc) is 2.90. The van der Waals surface area contributed by atoms with Crippen molar-refractivity contribution in [1.29, 1.82) is 5.41 Å². The first-order valence-corrected chi connectivity index (χ1v) is 11.6. The number of aldehydes is 1. The molecule has 3 aromatic rings. The van der Waals surface area contributed by atoms with E-state index < -0.39 is 5.91 Å². The lowest BCUT2D eigenvalue weighted by Crippen LogP contribution is -2.34. The second-order valence-electron chi connectivity index (χ2n) is 7.13. The number of hydrogen-bond acceptors (Lipinski definition) is 8. The summed E-state index contributed by atoms with van der Waals surface area (Å²) in [5.41, 5.74) is 11.5. The fourth-order valence-electron chi connectivity index (χ4n) is 2.85. The molecule has 0 radical (unpaired) electrons. The zero-order chi connectivity index (χ0) is 27.1. The van der Waals surface area contributed by atoms with Crippen LogP contribution in [0.1, 0.15) is 22.8 Å². The second kappa shape index (κ2) is 15.8. The second-order valence-corrected chi connectivity index (χ2v) is 8.22. The highest BCUT2D eigenvalue weighted by Crippen LogP contribution is 2.29. The zero-order valence-corrected chi connectivity index (χ0v) is 21.5. The van der Waals surface area contributed by atoms with Gasteiger partial charge in [-0.2, -0.15) is 0 Å². The van der Waals surface area contributed by atoms with Crippen LogP contribution in [0.15, 0.2) is 87.3 Å². The van der Waals surface area contributed by atoms with Crippen molar-refractivity contribution in [2.75, 3.05) is 14.1 Å². The molecule has 0 aliphatic carbocycles. The maximum atomic E-state index is 11.3. The van der Waals surface area contributed by atoms with E-state index in [9.17, 15) is 9.59 Å². The molecule has 0 heterocycles. The fourth-order valence-corrected chi connectivity index (χ4v) is 3.77. The van der Waals surface area contributed by atoms with Crippen LogP contribution in [0.5, 0.6) is 0 Å². The Labute approximate surface area is 215 Å². The van der Waals surface area contributed by atoms with Crippen molar-refractivity contribution < 1.29 is 9.59 Å². The lowest BCUT2D eigenvalue weighted by molar-refractivity contribution is -0.114. The summed E-state index contributed by atoms with van der Waals surface area (Å²) in [6, 6.07) is 21.3. The maximum absolute atomic E-state index is 11.3. The van der Waals surface area contributed by atoms with Crippen LogP contribution in [-0.2, 0) is 11.3 Å². The molecule has 0 saturated carbocycles. The van der Waals surface area contributed by atoms with Crippen LogP contribution in [0.4, 0.5) is 0 Å².